The third-order valence-corrected chi connectivity index (χ3v) is 3.07. The van der Waals surface area contributed by atoms with Gasteiger partial charge in [-0.05, 0) is 45.7 Å². The van der Waals surface area contributed by atoms with E-state index in [-0.39, 0.29) is 0 Å². The Balaban J connectivity index is 4.37. The van der Waals surface area contributed by atoms with E-state index in [0.717, 1.165) is 30.6 Å². The van der Waals surface area contributed by atoms with E-state index < -0.39 is 5.79 Å². The Labute approximate surface area is 97.7 Å². The predicted molar refractivity (Wildman–Crippen MR) is 65.1 cm³/mol. The summed E-state index contributed by atoms with van der Waals surface area (Å²) in [6, 6.07) is 0. The fraction of sp³-hybridized carbons (Fsp3) is 1.00. The first-order valence-electron chi connectivity index (χ1n) is 5.68. The molecule has 0 aliphatic heterocycles. The molecular weight excluding hydrogens is 212 g/mol. The summed E-state index contributed by atoms with van der Waals surface area (Å²) in [7, 11) is 0. The molecule has 1 atom stereocenters. The van der Waals surface area contributed by atoms with Gasteiger partial charge in [0.15, 0.2) is 5.79 Å². The molecule has 1 N–H and O–H groups in total. The second-order valence-electron chi connectivity index (χ2n) is 3.61. The molecular formula is C11H24O3S. The minimum Gasteiger partial charge on any atom is -0.350 e. The van der Waals surface area contributed by atoms with Crippen LogP contribution in [-0.4, -0.2) is 29.3 Å². The molecule has 0 amide bonds. The molecule has 0 radical (unpaired) electrons. The molecule has 0 aromatic rings. The molecule has 0 aromatic carbocycles. The van der Waals surface area contributed by atoms with Gasteiger partial charge in [0, 0.05) is 24.9 Å². The molecule has 15 heavy (non-hydrogen) atoms. The van der Waals surface area contributed by atoms with Crippen molar-refractivity contribution >= 4 is 12.0 Å². The van der Waals surface area contributed by atoms with Crippen LogP contribution in [0.3, 0.4) is 0 Å². The summed E-state index contributed by atoms with van der Waals surface area (Å²) in [6.45, 7) is 9.38. The Hall–Kier alpha value is 0.230. The molecule has 0 rings (SSSR count). The first-order chi connectivity index (χ1) is 7.14. The summed E-state index contributed by atoms with van der Waals surface area (Å²) < 4.78 is 20.2. The highest BCUT2D eigenvalue weighted by Gasteiger charge is 2.34. The van der Waals surface area contributed by atoms with Crippen LogP contribution in [0.15, 0.2) is 0 Å². The fourth-order valence-corrected chi connectivity index (χ4v) is 2.27. The summed E-state index contributed by atoms with van der Waals surface area (Å²) in [6.07, 6.45) is 1.91. The van der Waals surface area contributed by atoms with Gasteiger partial charge in [0.25, 0.3) is 0 Å². The normalized spacial score (nSPS) is 14.2. The Morgan fingerprint density at radius 3 is 2.07 bits per heavy atom. The molecule has 1 unspecified atom stereocenters. The van der Waals surface area contributed by atoms with E-state index in [4.69, 9.17) is 14.0 Å². The Bertz CT molecular complexity index is 147. The maximum atomic E-state index is 8.77. The zero-order chi connectivity index (χ0) is 11.7. The van der Waals surface area contributed by atoms with Crippen molar-refractivity contribution in [2.75, 3.05) is 19.0 Å². The van der Waals surface area contributed by atoms with Crippen LogP contribution in [0.25, 0.3) is 0 Å². The van der Waals surface area contributed by atoms with Gasteiger partial charge in [0.05, 0.1) is 0 Å². The largest absolute Gasteiger partial charge is 0.350 e. The molecule has 0 bridgehead atoms. The van der Waals surface area contributed by atoms with Crippen LogP contribution in [0.5, 0.6) is 0 Å². The molecule has 0 aromatic heterocycles. The maximum absolute atomic E-state index is 8.77. The SMILES string of the molecule is CCOC(C)(OCC)C(CC)CCSO. The second-order valence-corrected chi connectivity index (χ2v) is 4.28. The highest BCUT2D eigenvalue weighted by molar-refractivity contribution is 7.93. The molecule has 4 heteroatoms. The Kier molecular flexibility index (Phi) is 8.52. The Morgan fingerprint density at radius 1 is 1.20 bits per heavy atom. The first-order valence-corrected chi connectivity index (χ1v) is 6.63. The zero-order valence-electron chi connectivity index (χ0n) is 10.3. The van der Waals surface area contributed by atoms with Crippen LogP contribution in [0.1, 0.15) is 40.5 Å². The quantitative estimate of drug-likeness (QED) is 0.492. The van der Waals surface area contributed by atoms with E-state index in [9.17, 15) is 0 Å². The number of hydrogen-bond donors (Lipinski definition) is 1. The summed E-state index contributed by atoms with van der Waals surface area (Å²) in [5.74, 6) is 0.555. The van der Waals surface area contributed by atoms with Crippen LogP contribution in [-0.2, 0) is 9.47 Å². The monoisotopic (exact) mass is 236 g/mol. The van der Waals surface area contributed by atoms with Crippen LogP contribution < -0.4 is 0 Å². The Morgan fingerprint density at radius 2 is 1.73 bits per heavy atom. The lowest BCUT2D eigenvalue weighted by Crippen LogP contribution is -2.41. The van der Waals surface area contributed by atoms with E-state index >= 15 is 0 Å². The topological polar surface area (TPSA) is 38.7 Å². The van der Waals surface area contributed by atoms with Gasteiger partial charge in [-0.15, -0.1) is 0 Å². The van der Waals surface area contributed by atoms with Crippen molar-refractivity contribution in [2.45, 2.75) is 46.3 Å². The van der Waals surface area contributed by atoms with Crippen molar-refractivity contribution in [3.05, 3.63) is 0 Å². The van der Waals surface area contributed by atoms with Crippen LogP contribution >= 0.6 is 12.0 Å². The van der Waals surface area contributed by atoms with Crippen molar-refractivity contribution in [1.82, 2.24) is 0 Å². The van der Waals surface area contributed by atoms with Crippen LogP contribution in [0.4, 0.5) is 0 Å². The molecule has 0 aliphatic carbocycles. The highest BCUT2D eigenvalue weighted by Crippen LogP contribution is 2.30. The summed E-state index contributed by atoms with van der Waals surface area (Å²) in [5, 5.41) is 0. The van der Waals surface area contributed by atoms with E-state index in [2.05, 4.69) is 6.92 Å². The van der Waals surface area contributed by atoms with Crippen molar-refractivity contribution in [3.8, 4) is 0 Å². The standard InChI is InChI=1S/C11H24O3S/c1-5-10(8-9-15-12)11(4,13-6-2)14-7-3/h10,12H,5-9H2,1-4H3. The van der Waals surface area contributed by atoms with E-state index in [1.807, 2.05) is 20.8 Å². The summed E-state index contributed by atoms with van der Waals surface area (Å²) in [4.78, 5) is 0. The number of rotatable bonds is 9. The van der Waals surface area contributed by atoms with Gasteiger partial charge in [0.1, 0.15) is 0 Å². The smallest absolute Gasteiger partial charge is 0.168 e. The van der Waals surface area contributed by atoms with E-state index in [1.165, 1.54) is 0 Å². The average molecular weight is 236 g/mol. The summed E-state index contributed by atoms with van der Waals surface area (Å²) >= 11 is 0.886. The number of hydrogen-bond acceptors (Lipinski definition) is 4. The van der Waals surface area contributed by atoms with Gasteiger partial charge in [-0.25, -0.2) is 0 Å². The fourth-order valence-electron chi connectivity index (χ4n) is 1.88. The molecule has 0 saturated heterocycles. The maximum Gasteiger partial charge on any atom is 0.168 e. The lowest BCUT2D eigenvalue weighted by molar-refractivity contribution is -0.252. The van der Waals surface area contributed by atoms with Crippen molar-refractivity contribution < 1.29 is 14.0 Å². The molecule has 0 fully saturated rings. The zero-order valence-corrected chi connectivity index (χ0v) is 11.1. The molecule has 0 aliphatic rings. The van der Waals surface area contributed by atoms with Gasteiger partial charge in [0.2, 0.25) is 0 Å². The second kappa shape index (κ2) is 8.39. The molecule has 0 heterocycles. The lowest BCUT2D eigenvalue weighted by atomic mass is 9.94. The highest BCUT2D eigenvalue weighted by atomic mass is 32.2. The minimum atomic E-state index is -0.506. The van der Waals surface area contributed by atoms with Crippen molar-refractivity contribution in [2.24, 2.45) is 5.92 Å². The predicted octanol–water partition coefficient (Wildman–Crippen LogP) is 3.40. The van der Waals surface area contributed by atoms with Gasteiger partial charge < -0.3 is 14.0 Å². The molecule has 0 saturated carbocycles. The van der Waals surface area contributed by atoms with Gasteiger partial charge >= 0.3 is 0 Å². The van der Waals surface area contributed by atoms with Gasteiger partial charge in [-0.1, -0.05) is 6.92 Å². The third kappa shape index (κ3) is 5.20. The number of ether oxygens (including phenoxy) is 2. The molecule has 0 spiro atoms. The molecule has 3 nitrogen and oxygen atoms in total. The van der Waals surface area contributed by atoms with E-state index in [0.29, 0.717) is 19.1 Å². The van der Waals surface area contributed by atoms with E-state index in [1.54, 1.807) is 0 Å². The van der Waals surface area contributed by atoms with Gasteiger partial charge in [-0.2, -0.15) is 0 Å². The van der Waals surface area contributed by atoms with Crippen LogP contribution in [0.2, 0.25) is 0 Å². The van der Waals surface area contributed by atoms with Crippen molar-refractivity contribution in [1.29, 1.82) is 0 Å². The summed E-state index contributed by atoms with van der Waals surface area (Å²) in [5.41, 5.74) is 0. The average Bonchev–Trinajstić information content (AvgIpc) is 2.19. The van der Waals surface area contributed by atoms with Gasteiger partial charge in [-0.3, -0.25) is 0 Å². The minimum absolute atomic E-state index is 0.331. The lowest BCUT2D eigenvalue weighted by Gasteiger charge is -2.36. The van der Waals surface area contributed by atoms with Crippen LogP contribution in [0, 0.1) is 5.92 Å². The molecule has 92 valence electrons. The van der Waals surface area contributed by atoms with Crippen molar-refractivity contribution in [3.63, 3.8) is 0 Å². The first kappa shape index (κ1) is 15.2. The third-order valence-electron chi connectivity index (χ3n) is 2.65.